The van der Waals surface area contributed by atoms with Gasteiger partial charge in [-0.3, -0.25) is 0 Å². The number of nitrogens with one attached hydrogen (secondary N) is 1. The minimum absolute atomic E-state index is 0.647. The number of nitrogens with zero attached hydrogens (tertiary/aromatic N) is 1. The molecule has 1 aromatic rings. The minimum Gasteiger partial charge on any atom is -0.310 e. The van der Waals surface area contributed by atoms with Gasteiger partial charge in [0.05, 0.1) is 0 Å². The number of hydrogen-bond donors (Lipinski definition) is 1. The van der Waals surface area contributed by atoms with Gasteiger partial charge in [0, 0.05) is 12.6 Å². The number of thiophene rings is 1. The molecule has 0 amide bonds. The van der Waals surface area contributed by atoms with Crippen LogP contribution in [0.5, 0.6) is 0 Å². The van der Waals surface area contributed by atoms with Crippen molar-refractivity contribution >= 4 is 11.3 Å². The van der Waals surface area contributed by atoms with E-state index < -0.39 is 0 Å². The minimum atomic E-state index is 0.647. The van der Waals surface area contributed by atoms with Crippen LogP contribution in [-0.4, -0.2) is 30.6 Å². The Kier molecular flexibility index (Phi) is 5.01. The first-order valence-electron chi connectivity index (χ1n) is 6.76. The summed E-state index contributed by atoms with van der Waals surface area (Å²) in [5.41, 5.74) is 1.42. The Balaban J connectivity index is 1.71. The Labute approximate surface area is 109 Å². The Bertz CT molecular complexity index is 302. The van der Waals surface area contributed by atoms with Gasteiger partial charge in [-0.1, -0.05) is 6.92 Å². The van der Waals surface area contributed by atoms with Crippen LogP contribution in [0.1, 0.15) is 32.3 Å². The van der Waals surface area contributed by atoms with Crippen molar-refractivity contribution in [3.05, 3.63) is 22.4 Å². The molecule has 17 heavy (non-hydrogen) atoms. The first-order valence-corrected chi connectivity index (χ1v) is 7.70. The molecular weight excluding hydrogens is 228 g/mol. The molecule has 0 aliphatic carbocycles. The molecule has 0 aromatic carbocycles. The van der Waals surface area contributed by atoms with Crippen LogP contribution in [0.25, 0.3) is 0 Å². The van der Waals surface area contributed by atoms with Crippen LogP contribution in [0.3, 0.4) is 0 Å². The molecule has 1 N–H and O–H groups in total. The Morgan fingerprint density at radius 1 is 1.47 bits per heavy atom. The van der Waals surface area contributed by atoms with E-state index in [1.165, 1.54) is 38.0 Å². The normalized spacial score (nSPS) is 20.6. The van der Waals surface area contributed by atoms with E-state index in [9.17, 15) is 0 Å². The number of rotatable bonds is 5. The van der Waals surface area contributed by atoms with Crippen LogP contribution in [0.4, 0.5) is 0 Å². The second kappa shape index (κ2) is 6.53. The Hall–Kier alpha value is -0.380. The summed E-state index contributed by atoms with van der Waals surface area (Å²) < 4.78 is 0. The molecule has 0 saturated carbocycles. The lowest BCUT2D eigenvalue weighted by atomic mass is 9.90. The second-order valence-corrected chi connectivity index (χ2v) is 5.85. The zero-order valence-electron chi connectivity index (χ0n) is 11.0. The van der Waals surface area contributed by atoms with Crippen LogP contribution in [-0.2, 0) is 6.54 Å². The summed E-state index contributed by atoms with van der Waals surface area (Å²) >= 11 is 1.78. The predicted octanol–water partition coefficient (Wildman–Crippen LogP) is 2.96. The maximum Gasteiger partial charge on any atom is 0.0216 e. The molecule has 3 heteroatoms. The third kappa shape index (κ3) is 3.80. The van der Waals surface area contributed by atoms with Crippen molar-refractivity contribution in [2.45, 2.75) is 39.3 Å². The number of hydrogen-bond acceptors (Lipinski definition) is 3. The summed E-state index contributed by atoms with van der Waals surface area (Å²) in [7, 11) is 0. The molecule has 2 nitrogen and oxygen atoms in total. The van der Waals surface area contributed by atoms with Crippen molar-refractivity contribution in [2.75, 3.05) is 19.6 Å². The van der Waals surface area contributed by atoms with Crippen molar-refractivity contribution in [3.63, 3.8) is 0 Å². The molecule has 1 aliphatic heterocycles. The molecular formula is C14H24N2S. The van der Waals surface area contributed by atoms with Crippen LogP contribution < -0.4 is 5.32 Å². The third-order valence-electron chi connectivity index (χ3n) is 3.99. The average Bonchev–Trinajstić information content (AvgIpc) is 2.89. The fourth-order valence-corrected chi connectivity index (χ4v) is 3.28. The maximum atomic E-state index is 3.68. The van der Waals surface area contributed by atoms with E-state index in [0.717, 1.165) is 12.5 Å². The van der Waals surface area contributed by atoms with Gasteiger partial charge in [-0.2, -0.15) is 11.3 Å². The highest BCUT2D eigenvalue weighted by Crippen LogP contribution is 2.20. The van der Waals surface area contributed by atoms with Crippen LogP contribution >= 0.6 is 11.3 Å². The highest BCUT2D eigenvalue weighted by atomic mass is 32.1. The first kappa shape index (κ1) is 13.1. The van der Waals surface area contributed by atoms with Crippen LogP contribution in [0.15, 0.2) is 16.8 Å². The Morgan fingerprint density at radius 2 is 2.24 bits per heavy atom. The van der Waals surface area contributed by atoms with Crippen molar-refractivity contribution < 1.29 is 0 Å². The molecule has 1 saturated heterocycles. The number of likely N-dealkylation sites (tertiary alicyclic amines) is 1. The summed E-state index contributed by atoms with van der Waals surface area (Å²) in [6.45, 7) is 9.41. The molecule has 2 rings (SSSR count). The quantitative estimate of drug-likeness (QED) is 0.867. The van der Waals surface area contributed by atoms with Gasteiger partial charge in [0.25, 0.3) is 0 Å². The summed E-state index contributed by atoms with van der Waals surface area (Å²) in [4.78, 5) is 2.56. The van der Waals surface area contributed by atoms with Crippen LogP contribution in [0.2, 0.25) is 0 Å². The zero-order valence-corrected chi connectivity index (χ0v) is 11.8. The lowest BCUT2D eigenvalue weighted by Crippen LogP contribution is -2.41. The topological polar surface area (TPSA) is 15.3 Å². The van der Waals surface area contributed by atoms with Gasteiger partial charge in [-0.25, -0.2) is 0 Å². The van der Waals surface area contributed by atoms with Crippen molar-refractivity contribution in [1.82, 2.24) is 10.2 Å². The molecule has 96 valence electrons. The number of piperidine rings is 1. The van der Waals surface area contributed by atoms with Gasteiger partial charge in [0.15, 0.2) is 0 Å². The van der Waals surface area contributed by atoms with Gasteiger partial charge in [0.2, 0.25) is 0 Å². The van der Waals surface area contributed by atoms with Crippen LogP contribution in [0, 0.1) is 5.92 Å². The fourth-order valence-electron chi connectivity index (χ4n) is 2.61. The molecule has 0 radical (unpaired) electrons. The van der Waals surface area contributed by atoms with E-state index in [-0.39, 0.29) is 0 Å². The molecule has 1 atom stereocenters. The summed E-state index contributed by atoms with van der Waals surface area (Å²) in [5, 5.41) is 8.07. The fraction of sp³-hybridized carbons (Fsp3) is 0.714. The SMILES string of the molecule is CCN1CCC(C(C)NCc2ccsc2)CC1. The monoisotopic (exact) mass is 252 g/mol. The highest BCUT2D eigenvalue weighted by molar-refractivity contribution is 7.07. The van der Waals surface area contributed by atoms with Crippen molar-refractivity contribution in [2.24, 2.45) is 5.92 Å². The molecule has 2 heterocycles. The van der Waals surface area contributed by atoms with E-state index in [1.54, 1.807) is 11.3 Å². The molecule has 1 aliphatic rings. The predicted molar refractivity (Wildman–Crippen MR) is 75.5 cm³/mol. The summed E-state index contributed by atoms with van der Waals surface area (Å²) in [5.74, 6) is 0.858. The smallest absolute Gasteiger partial charge is 0.0216 e. The Morgan fingerprint density at radius 3 is 2.82 bits per heavy atom. The first-order chi connectivity index (χ1) is 8.29. The molecule has 1 aromatic heterocycles. The standard InChI is InChI=1S/C14H24N2S/c1-3-16-7-4-14(5-8-16)12(2)15-10-13-6-9-17-11-13/h6,9,11-12,14-15H,3-5,7-8,10H2,1-2H3. The highest BCUT2D eigenvalue weighted by Gasteiger charge is 2.22. The van der Waals surface area contributed by atoms with Crippen molar-refractivity contribution in [3.8, 4) is 0 Å². The largest absolute Gasteiger partial charge is 0.310 e. The average molecular weight is 252 g/mol. The van der Waals surface area contributed by atoms with Crippen molar-refractivity contribution in [1.29, 1.82) is 0 Å². The van der Waals surface area contributed by atoms with Gasteiger partial charge in [0.1, 0.15) is 0 Å². The van der Waals surface area contributed by atoms with E-state index in [4.69, 9.17) is 0 Å². The van der Waals surface area contributed by atoms with E-state index in [1.807, 2.05) is 0 Å². The van der Waals surface area contributed by atoms with E-state index in [0.29, 0.717) is 6.04 Å². The van der Waals surface area contributed by atoms with E-state index in [2.05, 4.69) is 40.9 Å². The van der Waals surface area contributed by atoms with Gasteiger partial charge >= 0.3 is 0 Å². The van der Waals surface area contributed by atoms with Gasteiger partial charge in [-0.15, -0.1) is 0 Å². The molecule has 1 fully saturated rings. The molecule has 0 bridgehead atoms. The second-order valence-electron chi connectivity index (χ2n) is 5.07. The zero-order chi connectivity index (χ0) is 12.1. The molecule has 1 unspecified atom stereocenters. The lowest BCUT2D eigenvalue weighted by Gasteiger charge is -2.34. The summed E-state index contributed by atoms with van der Waals surface area (Å²) in [6.07, 6.45) is 2.71. The lowest BCUT2D eigenvalue weighted by molar-refractivity contribution is 0.168. The maximum absolute atomic E-state index is 3.68. The van der Waals surface area contributed by atoms with Gasteiger partial charge < -0.3 is 10.2 Å². The third-order valence-corrected chi connectivity index (χ3v) is 4.73. The van der Waals surface area contributed by atoms with E-state index >= 15 is 0 Å². The van der Waals surface area contributed by atoms with Gasteiger partial charge in [-0.05, 0) is 67.7 Å². The molecule has 0 spiro atoms. The summed E-state index contributed by atoms with van der Waals surface area (Å²) in [6, 6.07) is 2.86.